The van der Waals surface area contributed by atoms with Gasteiger partial charge in [0, 0.05) is 36.1 Å². The third-order valence-electron chi connectivity index (χ3n) is 4.71. The lowest BCUT2D eigenvalue weighted by Crippen LogP contribution is -2.28. The molecule has 1 fully saturated rings. The lowest BCUT2D eigenvalue weighted by Gasteiger charge is -2.10. The van der Waals surface area contributed by atoms with E-state index in [0.29, 0.717) is 36.0 Å². The lowest BCUT2D eigenvalue weighted by atomic mass is 10.1. The summed E-state index contributed by atoms with van der Waals surface area (Å²) in [6.07, 6.45) is 7.89. The Morgan fingerprint density at radius 3 is 2.73 bits per heavy atom. The number of rotatable bonds is 6. The van der Waals surface area contributed by atoms with Crippen molar-refractivity contribution in [1.82, 2.24) is 25.2 Å². The van der Waals surface area contributed by atoms with Gasteiger partial charge in [0.15, 0.2) is 0 Å². The van der Waals surface area contributed by atoms with Gasteiger partial charge in [-0.2, -0.15) is 5.10 Å². The summed E-state index contributed by atoms with van der Waals surface area (Å²) < 4.78 is 7.07. The van der Waals surface area contributed by atoms with E-state index in [0.717, 1.165) is 11.1 Å². The van der Waals surface area contributed by atoms with Crippen LogP contribution in [-0.2, 0) is 6.54 Å². The zero-order chi connectivity index (χ0) is 18.1. The van der Waals surface area contributed by atoms with Gasteiger partial charge in [-0.1, -0.05) is 5.16 Å². The topological polar surface area (TPSA) is 85.8 Å². The fraction of sp³-hybridized carbons (Fsp3) is 0.368. The standard InChI is InChI=1S/C19H21N5O2/c1-12-17(13(2)26-23-12)19(25)21-9-10-24-18(15-3-4-15)16(11-22-24)14-5-7-20-8-6-14/h5-8,11,15H,3-4,9-10H2,1-2H3,(H,21,25). The van der Waals surface area contributed by atoms with Crippen molar-refractivity contribution in [2.24, 2.45) is 0 Å². The number of aryl methyl sites for hydroxylation is 2. The van der Waals surface area contributed by atoms with E-state index in [1.165, 1.54) is 18.5 Å². The van der Waals surface area contributed by atoms with Crippen LogP contribution < -0.4 is 5.32 Å². The Labute approximate surface area is 151 Å². The molecule has 0 saturated heterocycles. The van der Waals surface area contributed by atoms with Crippen LogP contribution in [0.4, 0.5) is 0 Å². The van der Waals surface area contributed by atoms with Crippen molar-refractivity contribution in [3.63, 3.8) is 0 Å². The molecule has 3 aromatic heterocycles. The second kappa shape index (κ2) is 6.74. The van der Waals surface area contributed by atoms with Gasteiger partial charge < -0.3 is 9.84 Å². The second-order valence-corrected chi connectivity index (χ2v) is 6.63. The van der Waals surface area contributed by atoms with E-state index in [2.05, 4.69) is 20.6 Å². The number of aromatic nitrogens is 4. The predicted octanol–water partition coefficient (Wildman–Crippen LogP) is 2.86. The molecule has 7 nitrogen and oxygen atoms in total. The molecule has 0 aromatic carbocycles. The van der Waals surface area contributed by atoms with Crippen LogP contribution in [0, 0.1) is 13.8 Å². The molecular weight excluding hydrogens is 330 g/mol. The smallest absolute Gasteiger partial charge is 0.256 e. The van der Waals surface area contributed by atoms with Gasteiger partial charge >= 0.3 is 0 Å². The zero-order valence-electron chi connectivity index (χ0n) is 14.9. The Hall–Kier alpha value is -2.96. The van der Waals surface area contributed by atoms with Crippen molar-refractivity contribution in [3.05, 3.63) is 53.4 Å². The molecule has 1 N–H and O–H groups in total. The first-order valence-corrected chi connectivity index (χ1v) is 8.82. The van der Waals surface area contributed by atoms with E-state index in [1.807, 2.05) is 23.0 Å². The van der Waals surface area contributed by atoms with Gasteiger partial charge in [-0.05, 0) is 44.4 Å². The maximum atomic E-state index is 12.3. The Morgan fingerprint density at radius 2 is 2.08 bits per heavy atom. The van der Waals surface area contributed by atoms with Crippen molar-refractivity contribution < 1.29 is 9.32 Å². The maximum Gasteiger partial charge on any atom is 0.256 e. The van der Waals surface area contributed by atoms with Crippen LogP contribution in [0.15, 0.2) is 35.2 Å². The second-order valence-electron chi connectivity index (χ2n) is 6.63. The molecule has 26 heavy (non-hydrogen) atoms. The number of hydrogen-bond acceptors (Lipinski definition) is 5. The molecule has 1 amide bonds. The van der Waals surface area contributed by atoms with Crippen molar-refractivity contribution in [2.45, 2.75) is 39.2 Å². The van der Waals surface area contributed by atoms with Gasteiger partial charge in [0.1, 0.15) is 11.3 Å². The number of carbonyl (C=O) groups excluding carboxylic acids is 1. The first-order chi connectivity index (χ1) is 12.6. The summed E-state index contributed by atoms with van der Waals surface area (Å²) in [6.45, 7) is 4.64. The molecule has 1 saturated carbocycles. The predicted molar refractivity (Wildman–Crippen MR) is 95.7 cm³/mol. The summed E-state index contributed by atoms with van der Waals surface area (Å²) >= 11 is 0. The highest BCUT2D eigenvalue weighted by molar-refractivity contribution is 5.96. The van der Waals surface area contributed by atoms with Crippen LogP contribution in [0.5, 0.6) is 0 Å². The van der Waals surface area contributed by atoms with Crippen LogP contribution in [0.2, 0.25) is 0 Å². The average molecular weight is 351 g/mol. The maximum absolute atomic E-state index is 12.3. The minimum atomic E-state index is -0.157. The first kappa shape index (κ1) is 16.5. The molecule has 0 spiro atoms. The van der Waals surface area contributed by atoms with Crippen LogP contribution in [0.25, 0.3) is 11.1 Å². The third-order valence-corrected chi connectivity index (χ3v) is 4.71. The largest absolute Gasteiger partial charge is 0.361 e. The van der Waals surface area contributed by atoms with E-state index in [-0.39, 0.29) is 5.91 Å². The van der Waals surface area contributed by atoms with Crippen molar-refractivity contribution in [1.29, 1.82) is 0 Å². The van der Waals surface area contributed by atoms with Gasteiger partial charge in [0.2, 0.25) is 0 Å². The van der Waals surface area contributed by atoms with E-state index >= 15 is 0 Å². The van der Waals surface area contributed by atoms with Crippen LogP contribution in [0.1, 0.15) is 46.3 Å². The minimum absolute atomic E-state index is 0.157. The van der Waals surface area contributed by atoms with Crippen molar-refractivity contribution in [3.8, 4) is 11.1 Å². The number of hydrogen-bond donors (Lipinski definition) is 1. The van der Waals surface area contributed by atoms with Gasteiger partial charge in [0.25, 0.3) is 5.91 Å². The van der Waals surface area contributed by atoms with Gasteiger partial charge in [-0.15, -0.1) is 0 Å². The summed E-state index contributed by atoms with van der Waals surface area (Å²) in [7, 11) is 0. The Kier molecular flexibility index (Phi) is 4.28. The SMILES string of the molecule is Cc1noc(C)c1C(=O)NCCn1ncc(-c2ccncc2)c1C1CC1. The summed E-state index contributed by atoms with van der Waals surface area (Å²) in [5.74, 6) is 0.937. The molecule has 0 radical (unpaired) electrons. The highest BCUT2D eigenvalue weighted by Crippen LogP contribution is 2.44. The average Bonchev–Trinajstić information content (AvgIpc) is 3.31. The normalized spacial score (nSPS) is 13.8. The van der Waals surface area contributed by atoms with Gasteiger partial charge in [0.05, 0.1) is 18.4 Å². The zero-order valence-corrected chi connectivity index (χ0v) is 14.9. The molecule has 0 unspecified atom stereocenters. The Bertz CT molecular complexity index is 905. The van der Waals surface area contributed by atoms with Crippen LogP contribution in [-0.4, -0.2) is 32.4 Å². The van der Waals surface area contributed by atoms with E-state index < -0.39 is 0 Å². The molecule has 3 heterocycles. The van der Waals surface area contributed by atoms with E-state index in [9.17, 15) is 4.79 Å². The molecule has 7 heteroatoms. The lowest BCUT2D eigenvalue weighted by molar-refractivity contribution is 0.0950. The highest BCUT2D eigenvalue weighted by Gasteiger charge is 2.30. The molecule has 134 valence electrons. The van der Waals surface area contributed by atoms with Gasteiger partial charge in [-0.25, -0.2) is 0 Å². The molecule has 4 rings (SSSR count). The molecule has 1 aliphatic rings. The first-order valence-electron chi connectivity index (χ1n) is 8.82. The number of nitrogens with zero attached hydrogens (tertiary/aromatic N) is 4. The number of pyridine rings is 1. The number of carbonyl (C=O) groups is 1. The molecule has 1 aliphatic carbocycles. The van der Waals surface area contributed by atoms with E-state index in [4.69, 9.17) is 4.52 Å². The quantitative estimate of drug-likeness (QED) is 0.738. The monoisotopic (exact) mass is 351 g/mol. The van der Waals surface area contributed by atoms with Crippen LogP contribution in [0.3, 0.4) is 0 Å². The molecule has 0 atom stereocenters. The molecule has 3 aromatic rings. The summed E-state index contributed by atoms with van der Waals surface area (Å²) in [4.78, 5) is 16.4. The van der Waals surface area contributed by atoms with Gasteiger partial charge in [-0.3, -0.25) is 14.5 Å². The van der Waals surface area contributed by atoms with Crippen molar-refractivity contribution >= 4 is 5.91 Å². The highest BCUT2D eigenvalue weighted by atomic mass is 16.5. The Morgan fingerprint density at radius 1 is 1.31 bits per heavy atom. The molecule has 0 bridgehead atoms. The van der Waals surface area contributed by atoms with E-state index in [1.54, 1.807) is 26.2 Å². The fourth-order valence-electron chi connectivity index (χ4n) is 3.29. The van der Waals surface area contributed by atoms with Crippen molar-refractivity contribution in [2.75, 3.05) is 6.54 Å². The minimum Gasteiger partial charge on any atom is -0.361 e. The Balaban J connectivity index is 1.47. The summed E-state index contributed by atoms with van der Waals surface area (Å²) in [5.41, 5.74) is 4.67. The molecule has 0 aliphatic heterocycles. The number of amides is 1. The summed E-state index contributed by atoms with van der Waals surface area (Å²) in [5, 5.41) is 11.3. The number of nitrogens with one attached hydrogen (secondary N) is 1. The third kappa shape index (κ3) is 3.12. The van der Waals surface area contributed by atoms with Crippen LogP contribution >= 0.6 is 0 Å². The fourth-order valence-corrected chi connectivity index (χ4v) is 3.29. The molecular formula is C19H21N5O2. The summed E-state index contributed by atoms with van der Waals surface area (Å²) in [6, 6.07) is 4.01.